The van der Waals surface area contributed by atoms with Crippen molar-refractivity contribution in [1.29, 1.82) is 0 Å². The Hall–Kier alpha value is -1.62. The van der Waals surface area contributed by atoms with E-state index in [1.807, 2.05) is 0 Å². The second-order valence-corrected chi connectivity index (χ2v) is 6.14. The molecule has 2 rings (SSSR count). The summed E-state index contributed by atoms with van der Waals surface area (Å²) in [7, 11) is 4.17. The van der Waals surface area contributed by atoms with Gasteiger partial charge < -0.3 is 15.2 Å². The van der Waals surface area contributed by atoms with E-state index in [0.29, 0.717) is 12.2 Å². The van der Waals surface area contributed by atoms with E-state index in [9.17, 15) is 9.59 Å². The number of aromatic nitrogens is 1. The van der Waals surface area contributed by atoms with E-state index in [-0.39, 0.29) is 17.0 Å². The zero-order valence-electron chi connectivity index (χ0n) is 12.9. The van der Waals surface area contributed by atoms with Gasteiger partial charge >= 0.3 is 0 Å². The minimum Gasteiger partial charge on any atom is -0.349 e. The molecule has 1 fully saturated rings. The Kier molecular flexibility index (Phi) is 5.17. The minimum atomic E-state index is -0.251. The SMILES string of the molecule is CN(C)C1(CNC(=O)c2cccc(=O)[nH]2)CCCCCC1. The molecule has 0 atom stereocenters. The van der Waals surface area contributed by atoms with Gasteiger partial charge in [0.25, 0.3) is 5.91 Å². The molecule has 21 heavy (non-hydrogen) atoms. The second-order valence-electron chi connectivity index (χ2n) is 6.14. The van der Waals surface area contributed by atoms with Gasteiger partial charge in [0, 0.05) is 18.2 Å². The molecular formula is C16H25N3O2. The van der Waals surface area contributed by atoms with Crippen molar-refractivity contribution >= 4 is 5.91 Å². The van der Waals surface area contributed by atoms with E-state index in [0.717, 1.165) is 12.8 Å². The highest BCUT2D eigenvalue weighted by Gasteiger charge is 2.33. The third kappa shape index (κ3) is 3.94. The number of nitrogens with zero attached hydrogens (tertiary/aromatic N) is 1. The largest absolute Gasteiger partial charge is 0.349 e. The Labute approximate surface area is 125 Å². The number of hydrogen-bond acceptors (Lipinski definition) is 3. The molecule has 0 radical (unpaired) electrons. The Morgan fingerprint density at radius 2 is 1.90 bits per heavy atom. The highest BCUT2D eigenvalue weighted by Crippen LogP contribution is 2.30. The van der Waals surface area contributed by atoms with Crippen LogP contribution >= 0.6 is 0 Å². The van der Waals surface area contributed by atoms with Gasteiger partial charge in [-0.3, -0.25) is 9.59 Å². The standard InChI is InChI=1S/C16H25N3O2/c1-19(2)16(10-5-3-4-6-11-16)12-17-15(21)13-8-7-9-14(20)18-13/h7-9H,3-6,10-12H2,1-2H3,(H,17,21)(H,18,20). The lowest BCUT2D eigenvalue weighted by molar-refractivity contribution is 0.0864. The molecule has 1 aliphatic carbocycles. The lowest BCUT2D eigenvalue weighted by Crippen LogP contribution is -2.52. The Morgan fingerprint density at radius 1 is 1.24 bits per heavy atom. The van der Waals surface area contributed by atoms with Gasteiger partial charge in [-0.25, -0.2) is 0 Å². The zero-order chi connectivity index (χ0) is 15.3. The summed E-state index contributed by atoms with van der Waals surface area (Å²) in [6.45, 7) is 0.621. The van der Waals surface area contributed by atoms with Crippen molar-refractivity contribution in [3.05, 3.63) is 34.2 Å². The first kappa shape index (κ1) is 15.8. The summed E-state index contributed by atoms with van der Waals surface area (Å²) >= 11 is 0. The van der Waals surface area contributed by atoms with Gasteiger partial charge in [0.2, 0.25) is 5.56 Å². The summed E-state index contributed by atoms with van der Waals surface area (Å²) < 4.78 is 0. The smallest absolute Gasteiger partial charge is 0.267 e. The van der Waals surface area contributed by atoms with Crippen molar-refractivity contribution in [2.24, 2.45) is 0 Å². The number of likely N-dealkylation sites (N-methyl/N-ethyl adjacent to an activating group) is 1. The highest BCUT2D eigenvalue weighted by molar-refractivity contribution is 5.92. The molecule has 116 valence electrons. The van der Waals surface area contributed by atoms with Crippen LogP contribution in [-0.4, -0.2) is 42.0 Å². The number of H-pyrrole nitrogens is 1. The number of rotatable bonds is 4. The van der Waals surface area contributed by atoms with Gasteiger partial charge in [0.1, 0.15) is 5.69 Å². The summed E-state index contributed by atoms with van der Waals surface area (Å²) in [5, 5.41) is 3.00. The molecule has 0 aliphatic heterocycles. The van der Waals surface area contributed by atoms with Crippen LogP contribution in [-0.2, 0) is 0 Å². The van der Waals surface area contributed by atoms with E-state index in [2.05, 4.69) is 29.3 Å². The zero-order valence-corrected chi connectivity index (χ0v) is 12.9. The fraction of sp³-hybridized carbons (Fsp3) is 0.625. The van der Waals surface area contributed by atoms with Gasteiger partial charge in [-0.15, -0.1) is 0 Å². The normalized spacial score (nSPS) is 18.2. The molecule has 0 aromatic carbocycles. The second kappa shape index (κ2) is 6.89. The number of hydrogen-bond donors (Lipinski definition) is 2. The third-order valence-corrected chi connectivity index (χ3v) is 4.57. The van der Waals surface area contributed by atoms with Gasteiger partial charge in [-0.2, -0.15) is 0 Å². The number of amides is 1. The molecular weight excluding hydrogens is 266 g/mol. The van der Waals surface area contributed by atoms with Crippen LogP contribution in [0.1, 0.15) is 49.0 Å². The minimum absolute atomic E-state index is 0.0290. The highest BCUT2D eigenvalue weighted by atomic mass is 16.2. The van der Waals surface area contributed by atoms with E-state index < -0.39 is 0 Å². The molecule has 1 heterocycles. The van der Waals surface area contributed by atoms with E-state index >= 15 is 0 Å². The molecule has 1 saturated carbocycles. The van der Waals surface area contributed by atoms with Crippen LogP contribution in [0.5, 0.6) is 0 Å². The van der Waals surface area contributed by atoms with Crippen molar-refractivity contribution in [3.8, 4) is 0 Å². The molecule has 1 amide bonds. The summed E-state index contributed by atoms with van der Waals surface area (Å²) in [5.74, 6) is -0.210. The number of aromatic amines is 1. The maximum Gasteiger partial charge on any atom is 0.267 e. The molecule has 5 heteroatoms. The number of nitrogens with one attached hydrogen (secondary N) is 2. The summed E-state index contributed by atoms with van der Waals surface area (Å²) in [6.07, 6.45) is 7.16. The predicted molar refractivity (Wildman–Crippen MR) is 83.5 cm³/mol. The monoisotopic (exact) mass is 291 g/mol. The first-order valence-electron chi connectivity index (χ1n) is 7.68. The number of pyridine rings is 1. The molecule has 5 nitrogen and oxygen atoms in total. The van der Waals surface area contributed by atoms with Gasteiger partial charge in [0.05, 0.1) is 0 Å². The maximum atomic E-state index is 12.2. The quantitative estimate of drug-likeness (QED) is 0.831. The number of carbonyl (C=O) groups excluding carboxylic acids is 1. The van der Waals surface area contributed by atoms with Crippen molar-refractivity contribution in [3.63, 3.8) is 0 Å². The molecule has 0 bridgehead atoms. The van der Waals surface area contributed by atoms with E-state index in [1.54, 1.807) is 12.1 Å². The van der Waals surface area contributed by atoms with Crippen LogP contribution in [0.3, 0.4) is 0 Å². The molecule has 1 aromatic heterocycles. The van der Waals surface area contributed by atoms with Crippen molar-refractivity contribution in [2.45, 2.75) is 44.1 Å². The molecule has 1 aromatic rings. The topological polar surface area (TPSA) is 65.2 Å². The van der Waals surface area contributed by atoms with Crippen LogP contribution in [0.4, 0.5) is 0 Å². The third-order valence-electron chi connectivity index (χ3n) is 4.57. The maximum absolute atomic E-state index is 12.2. The fourth-order valence-corrected chi connectivity index (χ4v) is 3.09. The van der Waals surface area contributed by atoms with Crippen LogP contribution in [0.2, 0.25) is 0 Å². The summed E-state index contributed by atoms with van der Waals surface area (Å²) in [6, 6.07) is 4.64. The fourth-order valence-electron chi connectivity index (χ4n) is 3.09. The van der Waals surface area contributed by atoms with Gasteiger partial charge in [-0.1, -0.05) is 31.7 Å². The molecule has 1 aliphatic rings. The molecule has 0 unspecified atom stereocenters. The molecule has 0 spiro atoms. The predicted octanol–water partition coefficient (Wildman–Crippen LogP) is 1.76. The molecule has 2 N–H and O–H groups in total. The van der Waals surface area contributed by atoms with E-state index in [1.165, 1.54) is 31.7 Å². The van der Waals surface area contributed by atoms with Crippen LogP contribution < -0.4 is 10.9 Å². The van der Waals surface area contributed by atoms with Crippen LogP contribution in [0, 0.1) is 0 Å². The van der Waals surface area contributed by atoms with Crippen molar-refractivity contribution < 1.29 is 4.79 Å². The average molecular weight is 291 g/mol. The van der Waals surface area contributed by atoms with Crippen molar-refractivity contribution in [2.75, 3.05) is 20.6 Å². The lowest BCUT2D eigenvalue weighted by Gasteiger charge is -2.39. The average Bonchev–Trinajstić information content (AvgIpc) is 2.71. The van der Waals surface area contributed by atoms with Gasteiger partial charge in [-0.05, 0) is 33.0 Å². The lowest BCUT2D eigenvalue weighted by atomic mass is 9.88. The number of carbonyl (C=O) groups is 1. The Bertz CT molecular complexity index is 528. The first-order chi connectivity index (χ1) is 10.0. The van der Waals surface area contributed by atoms with Crippen molar-refractivity contribution in [1.82, 2.24) is 15.2 Å². The van der Waals surface area contributed by atoms with E-state index in [4.69, 9.17) is 0 Å². The molecule has 0 saturated heterocycles. The van der Waals surface area contributed by atoms with Gasteiger partial charge in [0.15, 0.2) is 0 Å². The summed E-state index contributed by atoms with van der Waals surface area (Å²) in [5.41, 5.74) is 0.103. The Morgan fingerprint density at radius 3 is 2.48 bits per heavy atom. The first-order valence-corrected chi connectivity index (χ1v) is 7.68. The Balaban J connectivity index is 2.04. The van der Waals surface area contributed by atoms with Crippen LogP contribution in [0.15, 0.2) is 23.0 Å². The van der Waals surface area contributed by atoms with Crippen LogP contribution in [0.25, 0.3) is 0 Å². The summed E-state index contributed by atoms with van der Waals surface area (Å²) in [4.78, 5) is 28.3.